The van der Waals surface area contributed by atoms with Crippen LogP contribution in [-0.2, 0) is 19.1 Å². The standard InChI is InChI=1S/C18H21FN2O4/c1-2-25-18(24)12-6-8-20(9-7-12)15-11-16(22)21(17(15)23)14-5-3-4-13(19)10-14/h3-5,10,12,15H,2,6-9,11H2,1H3/t15-/m1/s1. The third-order valence-electron chi connectivity index (χ3n) is 4.78. The van der Waals surface area contributed by atoms with Gasteiger partial charge in [0.15, 0.2) is 0 Å². The SMILES string of the molecule is CCOC(=O)C1CCN([C@@H]2CC(=O)N(c3cccc(F)c3)C2=O)CC1. The summed E-state index contributed by atoms with van der Waals surface area (Å²) in [5.74, 6) is -1.49. The predicted molar refractivity (Wildman–Crippen MR) is 88.2 cm³/mol. The van der Waals surface area contributed by atoms with E-state index in [0.29, 0.717) is 32.5 Å². The number of nitrogens with zero attached hydrogens (tertiary/aromatic N) is 2. The summed E-state index contributed by atoms with van der Waals surface area (Å²) < 4.78 is 18.4. The maximum Gasteiger partial charge on any atom is 0.309 e. The third kappa shape index (κ3) is 3.56. The minimum absolute atomic E-state index is 0.0828. The number of anilines is 1. The molecule has 134 valence electrons. The highest BCUT2D eigenvalue weighted by molar-refractivity contribution is 6.22. The lowest BCUT2D eigenvalue weighted by Gasteiger charge is -2.33. The Morgan fingerprint density at radius 1 is 1.28 bits per heavy atom. The molecule has 0 aliphatic carbocycles. The number of hydrogen-bond acceptors (Lipinski definition) is 5. The Morgan fingerprint density at radius 2 is 2.00 bits per heavy atom. The highest BCUT2D eigenvalue weighted by atomic mass is 19.1. The van der Waals surface area contributed by atoms with Crippen LogP contribution in [0.1, 0.15) is 26.2 Å². The van der Waals surface area contributed by atoms with Crippen molar-refractivity contribution in [2.45, 2.75) is 32.2 Å². The van der Waals surface area contributed by atoms with E-state index in [2.05, 4.69) is 0 Å². The lowest BCUT2D eigenvalue weighted by molar-refractivity contribution is -0.149. The third-order valence-corrected chi connectivity index (χ3v) is 4.78. The number of carbonyl (C=O) groups is 3. The van der Waals surface area contributed by atoms with Crippen molar-refractivity contribution in [3.8, 4) is 0 Å². The Kier molecular flexibility index (Phi) is 5.13. The second kappa shape index (κ2) is 7.31. The first-order chi connectivity index (χ1) is 12.0. The number of amides is 2. The van der Waals surface area contributed by atoms with E-state index < -0.39 is 11.9 Å². The molecule has 7 heteroatoms. The van der Waals surface area contributed by atoms with E-state index >= 15 is 0 Å². The zero-order chi connectivity index (χ0) is 18.0. The second-order valence-corrected chi connectivity index (χ2v) is 6.33. The van der Waals surface area contributed by atoms with Crippen LogP contribution in [0.2, 0.25) is 0 Å². The van der Waals surface area contributed by atoms with Crippen molar-refractivity contribution >= 4 is 23.5 Å². The van der Waals surface area contributed by atoms with E-state index in [9.17, 15) is 18.8 Å². The molecule has 6 nitrogen and oxygen atoms in total. The van der Waals surface area contributed by atoms with E-state index in [1.165, 1.54) is 18.2 Å². The molecule has 2 aliphatic rings. The molecule has 0 radical (unpaired) electrons. The number of imide groups is 1. The molecule has 1 aromatic rings. The molecule has 3 rings (SSSR count). The predicted octanol–water partition coefficient (Wildman–Crippen LogP) is 1.73. The summed E-state index contributed by atoms with van der Waals surface area (Å²) in [5.41, 5.74) is 0.263. The fraction of sp³-hybridized carbons (Fsp3) is 0.500. The molecule has 2 saturated heterocycles. The van der Waals surface area contributed by atoms with Crippen LogP contribution in [0, 0.1) is 11.7 Å². The van der Waals surface area contributed by atoms with Gasteiger partial charge in [-0.1, -0.05) is 6.07 Å². The number of ether oxygens (including phenoxy) is 1. The van der Waals surface area contributed by atoms with Crippen molar-refractivity contribution in [3.63, 3.8) is 0 Å². The van der Waals surface area contributed by atoms with Crippen LogP contribution in [0.25, 0.3) is 0 Å². The van der Waals surface area contributed by atoms with Crippen LogP contribution in [0.3, 0.4) is 0 Å². The van der Waals surface area contributed by atoms with Crippen LogP contribution in [-0.4, -0.2) is 48.4 Å². The minimum Gasteiger partial charge on any atom is -0.466 e. The molecule has 1 aromatic carbocycles. The maximum absolute atomic E-state index is 13.4. The fourth-order valence-corrected chi connectivity index (χ4v) is 3.49. The molecule has 1 atom stereocenters. The molecular formula is C18H21FN2O4. The normalized spacial score (nSPS) is 22.5. The average molecular weight is 348 g/mol. The van der Waals surface area contributed by atoms with Gasteiger partial charge >= 0.3 is 5.97 Å². The Labute approximate surface area is 145 Å². The van der Waals surface area contributed by atoms with Gasteiger partial charge < -0.3 is 4.74 Å². The molecular weight excluding hydrogens is 327 g/mol. The van der Waals surface area contributed by atoms with Gasteiger partial charge in [-0.3, -0.25) is 19.3 Å². The van der Waals surface area contributed by atoms with Crippen molar-refractivity contribution in [1.82, 2.24) is 4.90 Å². The first-order valence-corrected chi connectivity index (χ1v) is 8.54. The number of benzene rings is 1. The molecule has 2 aliphatic heterocycles. The van der Waals surface area contributed by atoms with Gasteiger partial charge in [-0.25, -0.2) is 9.29 Å². The zero-order valence-electron chi connectivity index (χ0n) is 14.1. The van der Waals surface area contributed by atoms with E-state index in [-0.39, 0.29) is 35.8 Å². The Morgan fingerprint density at radius 3 is 2.64 bits per heavy atom. The highest BCUT2D eigenvalue weighted by Gasteiger charge is 2.44. The fourth-order valence-electron chi connectivity index (χ4n) is 3.49. The van der Waals surface area contributed by atoms with Gasteiger partial charge in [0, 0.05) is 0 Å². The summed E-state index contributed by atoms with van der Waals surface area (Å²) in [6.07, 6.45) is 1.30. The maximum atomic E-state index is 13.4. The molecule has 0 bridgehead atoms. The lowest BCUT2D eigenvalue weighted by atomic mass is 9.95. The summed E-state index contributed by atoms with van der Waals surface area (Å²) in [4.78, 5) is 39.8. The molecule has 0 unspecified atom stereocenters. The highest BCUT2D eigenvalue weighted by Crippen LogP contribution is 2.29. The number of likely N-dealkylation sites (tertiary alicyclic amines) is 1. The van der Waals surface area contributed by atoms with Gasteiger partial charge in [-0.2, -0.15) is 0 Å². The molecule has 2 fully saturated rings. The molecule has 2 heterocycles. The molecule has 0 spiro atoms. The molecule has 0 aromatic heterocycles. The summed E-state index contributed by atoms with van der Waals surface area (Å²) in [6, 6.07) is 4.94. The Bertz CT molecular complexity index is 685. The number of carbonyl (C=O) groups excluding carboxylic acids is 3. The largest absolute Gasteiger partial charge is 0.466 e. The number of esters is 1. The molecule has 2 amide bonds. The number of halogens is 1. The van der Waals surface area contributed by atoms with Crippen LogP contribution < -0.4 is 4.90 Å². The number of piperidine rings is 1. The van der Waals surface area contributed by atoms with E-state index in [0.717, 1.165) is 4.90 Å². The van der Waals surface area contributed by atoms with Gasteiger partial charge in [0.05, 0.1) is 30.7 Å². The molecule has 0 saturated carbocycles. The lowest BCUT2D eigenvalue weighted by Crippen LogP contribution is -2.47. The summed E-state index contributed by atoms with van der Waals surface area (Å²) in [5, 5.41) is 0. The first-order valence-electron chi connectivity index (χ1n) is 8.54. The van der Waals surface area contributed by atoms with Crippen molar-refractivity contribution in [3.05, 3.63) is 30.1 Å². The van der Waals surface area contributed by atoms with Crippen molar-refractivity contribution < 1.29 is 23.5 Å². The van der Waals surface area contributed by atoms with Crippen molar-refractivity contribution in [2.75, 3.05) is 24.6 Å². The summed E-state index contributed by atoms with van der Waals surface area (Å²) in [6.45, 7) is 3.25. The summed E-state index contributed by atoms with van der Waals surface area (Å²) in [7, 11) is 0. The minimum atomic E-state index is -0.543. The smallest absolute Gasteiger partial charge is 0.309 e. The topological polar surface area (TPSA) is 66.9 Å². The van der Waals surface area contributed by atoms with Gasteiger partial charge in [-0.05, 0) is 51.1 Å². The van der Waals surface area contributed by atoms with Gasteiger partial charge in [0.1, 0.15) is 5.82 Å². The van der Waals surface area contributed by atoms with Gasteiger partial charge in [-0.15, -0.1) is 0 Å². The van der Waals surface area contributed by atoms with E-state index in [4.69, 9.17) is 4.74 Å². The average Bonchev–Trinajstić information content (AvgIpc) is 2.90. The Balaban J connectivity index is 1.66. The van der Waals surface area contributed by atoms with E-state index in [1.807, 2.05) is 4.90 Å². The first kappa shape index (κ1) is 17.5. The van der Waals surface area contributed by atoms with Crippen molar-refractivity contribution in [1.29, 1.82) is 0 Å². The number of rotatable bonds is 4. The second-order valence-electron chi connectivity index (χ2n) is 6.33. The van der Waals surface area contributed by atoms with E-state index in [1.54, 1.807) is 13.0 Å². The summed E-state index contributed by atoms with van der Waals surface area (Å²) >= 11 is 0. The number of hydrogen-bond donors (Lipinski definition) is 0. The van der Waals surface area contributed by atoms with Gasteiger partial charge in [0.2, 0.25) is 5.91 Å². The molecule has 25 heavy (non-hydrogen) atoms. The van der Waals surface area contributed by atoms with Crippen LogP contribution in [0.15, 0.2) is 24.3 Å². The van der Waals surface area contributed by atoms with Crippen molar-refractivity contribution in [2.24, 2.45) is 5.92 Å². The van der Waals surface area contributed by atoms with Crippen LogP contribution >= 0.6 is 0 Å². The van der Waals surface area contributed by atoms with Crippen LogP contribution in [0.5, 0.6) is 0 Å². The zero-order valence-corrected chi connectivity index (χ0v) is 14.1. The van der Waals surface area contributed by atoms with Crippen LogP contribution in [0.4, 0.5) is 10.1 Å². The Hall–Kier alpha value is -2.28. The monoisotopic (exact) mass is 348 g/mol. The molecule has 0 N–H and O–H groups in total. The quantitative estimate of drug-likeness (QED) is 0.612. The van der Waals surface area contributed by atoms with Gasteiger partial charge in [0.25, 0.3) is 5.91 Å².